The van der Waals surface area contributed by atoms with Gasteiger partial charge in [0, 0.05) is 11.5 Å². The molecule has 1 aromatic carbocycles. The zero-order valence-corrected chi connectivity index (χ0v) is 8.82. The molecule has 1 aromatic rings. The highest BCUT2D eigenvalue weighted by Crippen LogP contribution is 2.32. The molecule has 0 N–H and O–H groups in total. The van der Waals surface area contributed by atoms with E-state index in [2.05, 4.69) is 28.7 Å². The molecule has 2 nitrogen and oxygen atoms in total. The van der Waals surface area contributed by atoms with Crippen LogP contribution >= 0.6 is 0 Å². The summed E-state index contributed by atoms with van der Waals surface area (Å²) in [7, 11) is 0. The molecule has 1 heterocycles. The van der Waals surface area contributed by atoms with Crippen LogP contribution in [0, 0.1) is 5.92 Å². The standard InChI is InChI=1S/C13H15N2/c1-2-6-10(7-3-1)13-11-8-4-5-9-12(11)14-15-13/h4-5,8-10H,1-3,6-7H2. The van der Waals surface area contributed by atoms with E-state index >= 15 is 0 Å². The molecule has 15 heavy (non-hydrogen) atoms. The zero-order chi connectivity index (χ0) is 10.1. The first-order valence-corrected chi connectivity index (χ1v) is 5.83. The lowest BCUT2D eigenvalue weighted by atomic mass is 9.83. The maximum atomic E-state index is 4.37. The van der Waals surface area contributed by atoms with Gasteiger partial charge in [-0.2, -0.15) is 10.5 Å². The molecule has 0 saturated heterocycles. The number of nitrogens with zero attached hydrogens (tertiary/aromatic N) is 2. The Morgan fingerprint density at radius 3 is 2.67 bits per heavy atom. The highest BCUT2D eigenvalue weighted by molar-refractivity contribution is 6.07. The highest BCUT2D eigenvalue weighted by atomic mass is 15.3. The van der Waals surface area contributed by atoms with Gasteiger partial charge in [-0.25, -0.2) is 0 Å². The van der Waals surface area contributed by atoms with Crippen molar-refractivity contribution in [3.05, 3.63) is 29.8 Å². The number of rotatable bonds is 1. The molecule has 1 aliphatic heterocycles. The van der Waals surface area contributed by atoms with Crippen LogP contribution in [0.15, 0.2) is 29.4 Å². The maximum absolute atomic E-state index is 4.37. The highest BCUT2D eigenvalue weighted by Gasteiger charge is 2.26. The van der Waals surface area contributed by atoms with Crippen LogP contribution in [0.25, 0.3) is 0 Å². The van der Waals surface area contributed by atoms with E-state index < -0.39 is 0 Å². The van der Waals surface area contributed by atoms with E-state index in [-0.39, 0.29) is 0 Å². The van der Waals surface area contributed by atoms with Crippen molar-refractivity contribution < 1.29 is 0 Å². The van der Waals surface area contributed by atoms with Gasteiger partial charge in [0.2, 0.25) is 0 Å². The van der Waals surface area contributed by atoms with Gasteiger partial charge in [0.05, 0.1) is 11.4 Å². The predicted molar refractivity (Wildman–Crippen MR) is 61.3 cm³/mol. The molecule has 1 fully saturated rings. The Morgan fingerprint density at radius 2 is 1.80 bits per heavy atom. The van der Waals surface area contributed by atoms with Crippen molar-refractivity contribution >= 4 is 11.4 Å². The minimum Gasteiger partial charge on any atom is -0.154 e. The second-order valence-electron chi connectivity index (χ2n) is 4.44. The number of benzene rings is 1. The molecule has 1 aliphatic carbocycles. The number of hydrogen-bond donors (Lipinski definition) is 0. The van der Waals surface area contributed by atoms with Crippen LogP contribution < -0.4 is 5.43 Å². The first-order chi connectivity index (χ1) is 7.45. The molecule has 77 valence electrons. The third kappa shape index (κ3) is 1.54. The molecule has 0 atom stereocenters. The van der Waals surface area contributed by atoms with E-state index in [1.165, 1.54) is 43.4 Å². The average Bonchev–Trinajstić information content (AvgIpc) is 2.74. The molecule has 0 aromatic heterocycles. The van der Waals surface area contributed by atoms with Gasteiger partial charge in [0.15, 0.2) is 0 Å². The lowest BCUT2D eigenvalue weighted by molar-refractivity contribution is 0.439. The van der Waals surface area contributed by atoms with Crippen LogP contribution in [-0.2, 0) is 0 Å². The lowest BCUT2D eigenvalue weighted by Crippen LogP contribution is -2.17. The summed E-state index contributed by atoms with van der Waals surface area (Å²) in [5.74, 6) is 0.658. The Balaban J connectivity index is 1.89. The normalized spacial score (nSPS) is 20.7. The van der Waals surface area contributed by atoms with Gasteiger partial charge in [-0.3, -0.25) is 0 Å². The molecule has 2 aliphatic rings. The molecule has 0 bridgehead atoms. The van der Waals surface area contributed by atoms with E-state index in [0.717, 1.165) is 5.69 Å². The van der Waals surface area contributed by atoms with E-state index in [0.29, 0.717) is 5.92 Å². The molecule has 0 amide bonds. The quantitative estimate of drug-likeness (QED) is 0.664. The number of hydrogen-bond acceptors (Lipinski definition) is 1. The SMILES string of the molecule is c1ccc2c(c1)[N]N=C2C1CCCCC1. The smallest absolute Gasteiger partial charge is 0.0948 e. The van der Waals surface area contributed by atoms with Gasteiger partial charge in [0.1, 0.15) is 0 Å². The van der Waals surface area contributed by atoms with Gasteiger partial charge in [-0.1, -0.05) is 37.5 Å². The monoisotopic (exact) mass is 199 g/mol. The molecule has 0 spiro atoms. The summed E-state index contributed by atoms with van der Waals surface area (Å²) in [6.07, 6.45) is 6.69. The number of fused-ring (bicyclic) bond motifs is 1. The predicted octanol–water partition coefficient (Wildman–Crippen LogP) is 3.22. The van der Waals surface area contributed by atoms with Crippen molar-refractivity contribution in [2.45, 2.75) is 32.1 Å². The minimum absolute atomic E-state index is 0.658. The average molecular weight is 199 g/mol. The Labute approximate surface area is 90.4 Å². The largest absolute Gasteiger partial charge is 0.154 e. The third-order valence-electron chi connectivity index (χ3n) is 3.44. The fourth-order valence-corrected chi connectivity index (χ4v) is 2.62. The molecule has 1 saturated carbocycles. The van der Waals surface area contributed by atoms with E-state index in [4.69, 9.17) is 0 Å². The summed E-state index contributed by atoms with van der Waals surface area (Å²) in [4.78, 5) is 0. The molecule has 3 rings (SSSR count). The Kier molecular flexibility index (Phi) is 2.20. The van der Waals surface area contributed by atoms with Gasteiger partial charge >= 0.3 is 0 Å². The topological polar surface area (TPSA) is 26.5 Å². The molecular weight excluding hydrogens is 184 g/mol. The third-order valence-corrected chi connectivity index (χ3v) is 3.44. The van der Waals surface area contributed by atoms with Gasteiger partial charge in [0.25, 0.3) is 0 Å². The fraction of sp³-hybridized carbons (Fsp3) is 0.462. The van der Waals surface area contributed by atoms with Crippen LogP contribution in [-0.4, -0.2) is 5.71 Å². The molecule has 1 radical (unpaired) electrons. The van der Waals surface area contributed by atoms with Crippen LogP contribution in [0.2, 0.25) is 0 Å². The van der Waals surface area contributed by atoms with Crippen LogP contribution in [0.1, 0.15) is 37.7 Å². The maximum Gasteiger partial charge on any atom is 0.0948 e. The fourth-order valence-electron chi connectivity index (χ4n) is 2.62. The van der Waals surface area contributed by atoms with E-state index in [1.54, 1.807) is 0 Å². The van der Waals surface area contributed by atoms with E-state index in [9.17, 15) is 0 Å². The second kappa shape index (κ2) is 3.69. The van der Waals surface area contributed by atoms with Crippen molar-refractivity contribution in [3.63, 3.8) is 0 Å². The van der Waals surface area contributed by atoms with Crippen molar-refractivity contribution in [3.8, 4) is 0 Å². The summed E-state index contributed by atoms with van der Waals surface area (Å²) in [6, 6.07) is 8.31. The summed E-state index contributed by atoms with van der Waals surface area (Å²) in [5.41, 5.74) is 7.81. The molecular formula is C13H15N2. The summed E-state index contributed by atoms with van der Waals surface area (Å²) >= 11 is 0. The molecule has 0 unspecified atom stereocenters. The van der Waals surface area contributed by atoms with Crippen LogP contribution in [0.4, 0.5) is 5.69 Å². The van der Waals surface area contributed by atoms with Gasteiger partial charge in [-0.05, 0) is 18.9 Å². The van der Waals surface area contributed by atoms with Crippen LogP contribution in [0.5, 0.6) is 0 Å². The first kappa shape index (κ1) is 8.96. The van der Waals surface area contributed by atoms with Gasteiger partial charge in [-0.15, -0.1) is 0 Å². The van der Waals surface area contributed by atoms with Crippen molar-refractivity contribution in [2.75, 3.05) is 0 Å². The Morgan fingerprint density at radius 1 is 1.00 bits per heavy atom. The summed E-state index contributed by atoms with van der Waals surface area (Å²) in [6.45, 7) is 0. The van der Waals surface area contributed by atoms with E-state index in [1.807, 2.05) is 6.07 Å². The van der Waals surface area contributed by atoms with Gasteiger partial charge < -0.3 is 0 Å². The summed E-state index contributed by atoms with van der Waals surface area (Å²) in [5, 5.41) is 4.37. The first-order valence-electron chi connectivity index (χ1n) is 5.83. The second-order valence-corrected chi connectivity index (χ2v) is 4.44. The zero-order valence-electron chi connectivity index (χ0n) is 8.82. The van der Waals surface area contributed by atoms with Crippen LogP contribution in [0.3, 0.4) is 0 Å². The Bertz CT molecular complexity index is 389. The molecule has 2 heteroatoms. The van der Waals surface area contributed by atoms with Crippen molar-refractivity contribution in [1.29, 1.82) is 0 Å². The minimum atomic E-state index is 0.658. The lowest BCUT2D eigenvalue weighted by Gasteiger charge is -2.21. The van der Waals surface area contributed by atoms with Crippen molar-refractivity contribution in [1.82, 2.24) is 5.43 Å². The Hall–Kier alpha value is -1.31. The van der Waals surface area contributed by atoms with Crippen molar-refractivity contribution in [2.24, 2.45) is 11.0 Å². The summed E-state index contributed by atoms with van der Waals surface area (Å²) < 4.78 is 0.